The molecule has 7 nitrogen and oxygen atoms in total. The van der Waals surface area contributed by atoms with Crippen molar-refractivity contribution in [3.63, 3.8) is 0 Å². The molecule has 2 N–H and O–H groups in total. The summed E-state index contributed by atoms with van der Waals surface area (Å²) in [5.41, 5.74) is 7.65. The Hall–Kier alpha value is -1.80. The zero-order valence-electron chi connectivity index (χ0n) is 15.8. The molecule has 0 aromatic carbocycles. The second-order valence-electron chi connectivity index (χ2n) is 7.57. The maximum atomic E-state index is 11.3. The van der Waals surface area contributed by atoms with E-state index >= 15 is 0 Å². The summed E-state index contributed by atoms with van der Waals surface area (Å²) in [5.74, 6) is 1.40. The fourth-order valence-corrected chi connectivity index (χ4v) is 5.40. The fourth-order valence-electron chi connectivity index (χ4n) is 4.50. The minimum Gasteiger partial charge on any atom is -0.469 e. The number of fused-ring (bicyclic) bond motifs is 1. The Balaban J connectivity index is 1.48. The van der Waals surface area contributed by atoms with Crippen molar-refractivity contribution >= 4 is 29.3 Å². The first-order valence-electron chi connectivity index (χ1n) is 9.65. The van der Waals surface area contributed by atoms with Crippen LogP contribution < -0.4 is 10.6 Å². The first kappa shape index (κ1) is 18.6. The molecule has 0 bridgehead atoms. The molecule has 1 aliphatic heterocycles. The number of imidazole rings is 1. The lowest BCUT2D eigenvalue weighted by atomic mass is 9.74. The van der Waals surface area contributed by atoms with E-state index in [1.807, 2.05) is 18.6 Å². The van der Waals surface area contributed by atoms with Gasteiger partial charge < -0.3 is 15.4 Å². The molecule has 1 spiro atoms. The van der Waals surface area contributed by atoms with E-state index in [0.717, 1.165) is 42.4 Å². The molecule has 3 heterocycles. The maximum Gasteiger partial charge on any atom is 0.306 e. The molecule has 0 radical (unpaired) electrons. The standard InChI is InChI=1S/C19H27N5O2S/c1-26-16(25)4-12-27-14-13-22-18(24-11-8-21-17(14)24)23-9-6-19(7-10-23)5-2-3-15(19)20/h8,11,13,15H,2-7,9-10,12,20H2,1H3/t15-/m1/s1. The van der Waals surface area contributed by atoms with Crippen molar-refractivity contribution in [3.05, 3.63) is 18.6 Å². The van der Waals surface area contributed by atoms with Crippen molar-refractivity contribution < 1.29 is 9.53 Å². The number of esters is 1. The Morgan fingerprint density at radius 1 is 1.37 bits per heavy atom. The number of hydrogen-bond acceptors (Lipinski definition) is 7. The Morgan fingerprint density at radius 2 is 2.19 bits per heavy atom. The molecule has 2 aromatic heterocycles. The molecule has 8 heteroatoms. The van der Waals surface area contributed by atoms with Crippen LogP contribution in [0.3, 0.4) is 0 Å². The smallest absolute Gasteiger partial charge is 0.306 e. The zero-order valence-corrected chi connectivity index (χ0v) is 16.6. The van der Waals surface area contributed by atoms with Crippen molar-refractivity contribution in [3.8, 4) is 0 Å². The summed E-state index contributed by atoms with van der Waals surface area (Å²) in [4.78, 5) is 23.9. The average Bonchev–Trinajstić information content (AvgIpc) is 3.31. The van der Waals surface area contributed by atoms with E-state index in [9.17, 15) is 4.79 Å². The molecule has 146 valence electrons. The van der Waals surface area contributed by atoms with E-state index in [1.165, 1.54) is 26.4 Å². The number of piperidine rings is 1. The summed E-state index contributed by atoms with van der Waals surface area (Å²) in [5, 5.41) is 0. The van der Waals surface area contributed by atoms with Gasteiger partial charge in [-0.1, -0.05) is 6.42 Å². The Kier molecular flexibility index (Phi) is 5.27. The van der Waals surface area contributed by atoms with Crippen molar-refractivity contribution in [2.45, 2.75) is 49.5 Å². The van der Waals surface area contributed by atoms with Gasteiger partial charge in [-0.05, 0) is 31.1 Å². The maximum absolute atomic E-state index is 11.3. The second-order valence-corrected chi connectivity index (χ2v) is 8.70. The van der Waals surface area contributed by atoms with Crippen molar-refractivity contribution in [2.75, 3.05) is 30.9 Å². The number of ether oxygens (including phenoxy) is 1. The third-order valence-electron chi connectivity index (χ3n) is 6.18. The van der Waals surface area contributed by atoms with Crippen molar-refractivity contribution in [1.29, 1.82) is 0 Å². The molecule has 1 aliphatic carbocycles. The molecule has 4 rings (SSSR count). The van der Waals surface area contributed by atoms with Crippen LogP contribution in [0, 0.1) is 5.41 Å². The molecule has 1 saturated carbocycles. The van der Waals surface area contributed by atoms with Crippen LogP contribution in [0.2, 0.25) is 0 Å². The van der Waals surface area contributed by atoms with Crippen molar-refractivity contribution in [1.82, 2.24) is 14.4 Å². The first-order chi connectivity index (χ1) is 13.1. The molecule has 1 atom stereocenters. The minimum atomic E-state index is -0.196. The first-order valence-corrected chi connectivity index (χ1v) is 10.6. The molecule has 2 aliphatic rings. The van der Waals surface area contributed by atoms with E-state index < -0.39 is 0 Å². The van der Waals surface area contributed by atoms with Crippen LogP contribution >= 0.6 is 11.8 Å². The molecule has 0 amide bonds. The molecule has 2 aromatic rings. The van der Waals surface area contributed by atoms with Gasteiger partial charge in [0.05, 0.1) is 18.4 Å². The van der Waals surface area contributed by atoms with E-state index in [2.05, 4.69) is 14.3 Å². The number of aromatic nitrogens is 3. The Bertz CT molecular complexity index is 816. The quantitative estimate of drug-likeness (QED) is 0.621. The lowest BCUT2D eigenvalue weighted by molar-refractivity contribution is -0.140. The number of carbonyl (C=O) groups is 1. The molecule has 2 fully saturated rings. The monoisotopic (exact) mass is 389 g/mol. The summed E-state index contributed by atoms with van der Waals surface area (Å²) in [6.45, 7) is 1.98. The van der Waals surface area contributed by atoms with E-state index in [0.29, 0.717) is 23.6 Å². The molecule has 1 saturated heterocycles. The molecule has 27 heavy (non-hydrogen) atoms. The van der Waals surface area contributed by atoms with Crippen molar-refractivity contribution in [2.24, 2.45) is 11.1 Å². The Labute approximate surface area is 163 Å². The summed E-state index contributed by atoms with van der Waals surface area (Å²) in [7, 11) is 1.41. The van der Waals surface area contributed by atoms with Gasteiger partial charge in [-0.2, -0.15) is 0 Å². The normalized spacial score (nSPS) is 21.9. The van der Waals surface area contributed by atoms with Gasteiger partial charge in [-0.25, -0.2) is 9.97 Å². The third-order valence-corrected chi connectivity index (χ3v) is 7.19. The van der Waals surface area contributed by atoms with Crippen LogP contribution in [0.15, 0.2) is 23.5 Å². The minimum absolute atomic E-state index is 0.196. The number of nitrogens with zero attached hydrogens (tertiary/aromatic N) is 4. The summed E-state index contributed by atoms with van der Waals surface area (Å²) in [6.07, 6.45) is 12.0. The van der Waals surface area contributed by atoms with E-state index in [-0.39, 0.29) is 5.97 Å². The van der Waals surface area contributed by atoms with E-state index in [4.69, 9.17) is 15.5 Å². The third kappa shape index (κ3) is 3.52. The lowest BCUT2D eigenvalue weighted by Gasteiger charge is -2.42. The van der Waals surface area contributed by atoms with Gasteiger partial charge >= 0.3 is 5.97 Å². The van der Waals surface area contributed by atoms with Crippen LogP contribution in [-0.4, -0.2) is 52.3 Å². The number of carbonyl (C=O) groups excluding carboxylic acids is 1. The van der Waals surface area contributed by atoms with Gasteiger partial charge in [0.1, 0.15) is 0 Å². The van der Waals surface area contributed by atoms with Crippen LogP contribution in [0.4, 0.5) is 5.95 Å². The Morgan fingerprint density at radius 3 is 2.89 bits per heavy atom. The average molecular weight is 390 g/mol. The topological polar surface area (TPSA) is 85.8 Å². The summed E-state index contributed by atoms with van der Waals surface area (Å²) >= 11 is 1.59. The summed E-state index contributed by atoms with van der Waals surface area (Å²) in [6, 6.07) is 0.356. The number of methoxy groups -OCH3 is 1. The van der Waals surface area contributed by atoms with Gasteiger partial charge in [-0.3, -0.25) is 9.20 Å². The number of thioether (sulfide) groups is 1. The van der Waals surface area contributed by atoms with Gasteiger partial charge in [0.2, 0.25) is 5.95 Å². The number of hydrogen-bond donors (Lipinski definition) is 1. The predicted molar refractivity (Wildman–Crippen MR) is 106 cm³/mol. The number of nitrogens with two attached hydrogens (primary N) is 1. The van der Waals surface area contributed by atoms with Crippen LogP contribution in [0.5, 0.6) is 0 Å². The highest BCUT2D eigenvalue weighted by molar-refractivity contribution is 7.99. The highest BCUT2D eigenvalue weighted by atomic mass is 32.2. The van der Waals surface area contributed by atoms with Crippen LogP contribution in [0.1, 0.15) is 38.5 Å². The van der Waals surface area contributed by atoms with Crippen LogP contribution in [-0.2, 0) is 9.53 Å². The van der Waals surface area contributed by atoms with Gasteiger partial charge in [-0.15, -0.1) is 11.8 Å². The largest absolute Gasteiger partial charge is 0.469 e. The molecule has 0 unspecified atom stereocenters. The lowest BCUT2D eigenvalue weighted by Crippen LogP contribution is -2.47. The highest BCUT2D eigenvalue weighted by Crippen LogP contribution is 2.45. The van der Waals surface area contributed by atoms with Gasteiger partial charge in [0.15, 0.2) is 5.65 Å². The molecular weight excluding hydrogens is 362 g/mol. The summed E-state index contributed by atoms with van der Waals surface area (Å²) < 4.78 is 6.76. The van der Waals surface area contributed by atoms with Gasteiger partial charge in [0, 0.05) is 43.5 Å². The number of anilines is 1. The van der Waals surface area contributed by atoms with Gasteiger partial charge in [0.25, 0.3) is 0 Å². The number of rotatable bonds is 5. The molecular formula is C19H27N5O2S. The predicted octanol–water partition coefficient (Wildman–Crippen LogP) is 2.48. The zero-order chi connectivity index (χ0) is 18.9. The highest BCUT2D eigenvalue weighted by Gasteiger charge is 2.43. The second kappa shape index (κ2) is 7.67. The van der Waals surface area contributed by atoms with E-state index in [1.54, 1.807) is 11.8 Å². The van der Waals surface area contributed by atoms with Crippen LogP contribution in [0.25, 0.3) is 5.65 Å². The SMILES string of the molecule is COC(=O)CCSc1cnc(N2CCC3(CCC[C@H]3N)CC2)n2ccnc12. The fraction of sp³-hybridized carbons (Fsp3) is 0.632.